The van der Waals surface area contributed by atoms with E-state index in [0.717, 1.165) is 0 Å². The summed E-state index contributed by atoms with van der Waals surface area (Å²) in [5.41, 5.74) is 0. The number of carbonyl (C=O) groups is 1. The van der Waals surface area contributed by atoms with Crippen molar-refractivity contribution >= 4 is 16.0 Å². The number of sulfonamides is 1. The minimum atomic E-state index is -3.60. The summed E-state index contributed by atoms with van der Waals surface area (Å²) in [5, 5.41) is -0.0348. The van der Waals surface area contributed by atoms with Crippen LogP contribution < -0.4 is 4.72 Å². The number of methoxy groups -OCH3 is 1. The summed E-state index contributed by atoms with van der Waals surface area (Å²) in [5.74, 6) is -0.470. The van der Waals surface area contributed by atoms with Gasteiger partial charge in [-0.25, -0.2) is 18.1 Å². The number of imidazole rings is 1. The van der Waals surface area contributed by atoms with Crippen LogP contribution in [0.15, 0.2) is 17.6 Å². The molecule has 0 amide bonds. The predicted molar refractivity (Wildman–Crippen MR) is 50.4 cm³/mol. The highest BCUT2D eigenvalue weighted by Crippen LogP contribution is 2.01. The first-order valence-electron chi connectivity index (χ1n) is 4.11. The van der Waals surface area contributed by atoms with E-state index in [4.69, 9.17) is 0 Å². The lowest BCUT2D eigenvalue weighted by Gasteiger charge is -2.03. The summed E-state index contributed by atoms with van der Waals surface area (Å²) in [6.45, 7) is -0.00593. The van der Waals surface area contributed by atoms with Crippen LogP contribution in [0, 0.1) is 0 Å². The normalized spacial score (nSPS) is 11.3. The third-order valence-electron chi connectivity index (χ3n) is 1.61. The van der Waals surface area contributed by atoms with Gasteiger partial charge in [0.25, 0.3) is 10.0 Å². The summed E-state index contributed by atoms with van der Waals surface area (Å²) in [6, 6.07) is 0. The molecule has 0 saturated carbocycles. The highest BCUT2D eigenvalue weighted by atomic mass is 32.2. The van der Waals surface area contributed by atoms with Gasteiger partial charge in [0.15, 0.2) is 5.03 Å². The largest absolute Gasteiger partial charge is 0.469 e. The number of aromatic amines is 1. The SMILES string of the molecule is COC(=O)CCNS(=O)(=O)c1cnc[nH]1. The molecule has 0 spiro atoms. The van der Waals surface area contributed by atoms with Gasteiger partial charge in [0.05, 0.1) is 26.1 Å². The number of hydrogen-bond donors (Lipinski definition) is 2. The molecule has 0 radical (unpaired) electrons. The highest BCUT2D eigenvalue weighted by Gasteiger charge is 2.15. The molecular weight excluding hydrogens is 222 g/mol. The van der Waals surface area contributed by atoms with Crippen LogP contribution in [0.25, 0.3) is 0 Å². The van der Waals surface area contributed by atoms with Crippen LogP contribution >= 0.6 is 0 Å². The van der Waals surface area contributed by atoms with Crippen molar-refractivity contribution in [1.29, 1.82) is 0 Å². The molecule has 1 aromatic rings. The molecule has 7 nitrogen and oxygen atoms in total. The molecule has 0 saturated heterocycles. The van der Waals surface area contributed by atoms with Crippen LogP contribution in [0.3, 0.4) is 0 Å². The number of ether oxygens (including phenoxy) is 1. The van der Waals surface area contributed by atoms with Crippen LogP contribution in [0.5, 0.6) is 0 Å². The van der Waals surface area contributed by atoms with Gasteiger partial charge in [0, 0.05) is 6.54 Å². The first kappa shape index (κ1) is 11.7. The Balaban J connectivity index is 2.49. The number of H-pyrrole nitrogens is 1. The van der Waals surface area contributed by atoms with E-state index in [9.17, 15) is 13.2 Å². The van der Waals surface area contributed by atoms with E-state index in [1.54, 1.807) is 0 Å². The second-order valence-electron chi connectivity index (χ2n) is 2.64. The number of carbonyl (C=O) groups excluding carboxylic acids is 1. The maximum absolute atomic E-state index is 11.4. The molecule has 0 aliphatic heterocycles. The molecule has 84 valence electrons. The van der Waals surface area contributed by atoms with Gasteiger partial charge in [0.1, 0.15) is 0 Å². The van der Waals surface area contributed by atoms with Crippen molar-refractivity contribution in [3.8, 4) is 0 Å². The van der Waals surface area contributed by atoms with Crippen molar-refractivity contribution < 1.29 is 17.9 Å². The average molecular weight is 233 g/mol. The highest BCUT2D eigenvalue weighted by molar-refractivity contribution is 7.89. The summed E-state index contributed by atoms with van der Waals surface area (Å²) in [4.78, 5) is 16.7. The van der Waals surface area contributed by atoms with Gasteiger partial charge in [-0.3, -0.25) is 4.79 Å². The quantitative estimate of drug-likeness (QED) is 0.652. The van der Waals surface area contributed by atoms with Crippen LogP contribution in [-0.2, 0) is 19.6 Å². The first-order chi connectivity index (χ1) is 7.06. The van der Waals surface area contributed by atoms with Crippen molar-refractivity contribution in [1.82, 2.24) is 14.7 Å². The van der Waals surface area contributed by atoms with Crippen LogP contribution in [0.2, 0.25) is 0 Å². The van der Waals surface area contributed by atoms with Gasteiger partial charge in [-0.15, -0.1) is 0 Å². The summed E-state index contributed by atoms with van der Waals surface area (Å²) in [7, 11) is -2.35. The van der Waals surface area contributed by atoms with Crippen molar-refractivity contribution in [2.75, 3.05) is 13.7 Å². The third kappa shape index (κ3) is 3.33. The standard InChI is InChI=1S/C7H11N3O4S/c1-14-7(11)2-3-10-15(12,13)6-4-8-5-9-6/h4-5,10H,2-3H2,1H3,(H,8,9). The number of nitrogens with zero attached hydrogens (tertiary/aromatic N) is 1. The summed E-state index contributed by atoms with van der Waals surface area (Å²) >= 11 is 0. The minimum Gasteiger partial charge on any atom is -0.469 e. The topological polar surface area (TPSA) is 101 Å². The smallest absolute Gasteiger partial charge is 0.306 e. The fourth-order valence-corrected chi connectivity index (χ4v) is 1.79. The molecule has 0 unspecified atom stereocenters. The number of aromatic nitrogens is 2. The lowest BCUT2D eigenvalue weighted by Crippen LogP contribution is -2.26. The van der Waals surface area contributed by atoms with E-state index in [0.29, 0.717) is 0 Å². The van der Waals surface area contributed by atoms with Gasteiger partial charge in [-0.1, -0.05) is 0 Å². The zero-order valence-electron chi connectivity index (χ0n) is 8.06. The number of nitrogens with one attached hydrogen (secondary N) is 2. The molecule has 8 heteroatoms. The number of rotatable bonds is 5. The average Bonchev–Trinajstić information content (AvgIpc) is 2.70. The number of hydrogen-bond acceptors (Lipinski definition) is 5. The molecule has 0 aliphatic carbocycles. The first-order valence-corrected chi connectivity index (χ1v) is 5.59. The van der Waals surface area contributed by atoms with Crippen molar-refractivity contribution in [2.24, 2.45) is 0 Å². The van der Waals surface area contributed by atoms with E-state index >= 15 is 0 Å². The zero-order valence-corrected chi connectivity index (χ0v) is 8.87. The Kier molecular flexibility index (Phi) is 3.81. The fraction of sp³-hybridized carbons (Fsp3) is 0.429. The van der Waals surface area contributed by atoms with Crippen molar-refractivity contribution in [3.63, 3.8) is 0 Å². The Hall–Kier alpha value is -1.41. The molecule has 0 fully saturated rings. The molecule has 1 rings (SSSR count). The van der Waals surface area contributed by atoms with Crippen LogP contribution in [0.4, 0.5) is 0 Å². The molecule has 0 aliphatic rings. The van der Waals surface area contributed by atoms with E-state index in [2.05, 4.69) is 19.4 Å². The molecule has 0 bridgehead atoms. The summed E-state index contributed by atoms with van der Waals surface area (Å²) < 4.78 is 29.4. The Labute approximate surface area is 86.9 Å². The minimum absolute atomic E-state index is 0.00593. The monoisotopic (exact) mass is 233 g/mol. The molecule has 0 atom stereocenters. The Morgan fingerprint density at radius 2 is 2.40 bits per heavy atom. The maximum atomic E-state index is 11.4. The Morgan fingerprint density at radius 3 is 2.93 bits per heavy atom. The maximum Gasteiger partial charge on any atom is 0.306 e. The van der Waals surface area contributed by atoms with Gasteiger partial charge in [-0.05, 0) is 0 Å². The third-order valence-corrected chi connectivity index (χ3v) is 3.00. The molecule has 2 N–H and O–H groups in total. The van der Waals surface area contributed by atoms with E-state index in [1.165, 1.54) is 19.6 Å². The molecular formula is C7H11N3O4S. The van der Waals surface area contributed by atoms with E-state index < -0.39 is 16.0 Å². The zero-order chi connectivity index (χ0) is 11.3. The lowest BCUT2D eigenvalue weighted by molar-refractivity contribution is -0.140. The Morgan fingerprint density at radius 1 is 1.67 bits per heavy atom. The molecule has 15 heavy (non-hydrogen) atoms. The van der Waals surface area contributed by atoms with Gasteiger partial charge < -0.3 is 9.72 Å². The van der Waals surface area contributed by atoms with Crippen LogP contribution in [0.1, 0.15) is 6.42 Å². The second-order valence-corrected chi connectivity index (χ2v) is 4.38. The summed E-state index contributed by atoms with van der Waals surface area (Å²) in [6.07, 6.45) is 2.43. The van der Waals surface area contributed by atoms with Gasteiger partial charge in [0.2, 0.25) is 0 Å². The fourth-order valence-electron chi connectivity index (χ4n) is 0.857. The molecule has 0 aromatic carbocycles. The van der Waals surface area contributed by atoms with Crippen molar-refractivity contribution in [3.05, 3.63) is 12.5 Å². The van der Waals surface area contributed by atoms with Crippen LogP contribution in [-0.4, -0.2) is 38.0 Å². The number of esters is 1. The van der Waals surface area contributed by atoms with Gasteiger partial charge in [-0.2, -0.15) is 0 Å². The molecule has 1 heterocycles. The lowest BCUT2D eigenvalue weighted by atomic mass is 10.4. The predicted octanol–water partition coefficient (Wildman–Crippen LogP) is -0.749. The molecule has 1 aromatic heterocycles. The van der Waals surface area contributed by atoms with E-state index in [1.807, 2.05) is 0 Å². The second kappa shape index (κ2) is 4.89. The van der Waals surface area contributed by atoms with Crippen molar-refractivity contribution in [2.45, 2.75) is 11.4 Å². The van der Waals surface area contributed by atoms with Gasteiger partial charge >= 0.3 is 5.97 Å². The van der Waals surface area contributed by atoms with E-state index in [-0.39, 0.29) is 18.0 Å². The Bertz CT molecular complexity index is 411.